The zero-order valence-electron chi connectivity index (χ0n) is 11.7. The number of aromatic nitrogens is 1. The summed E-state index contributed by atoms with van der Waals surface area (Å²) in [4.78, 5) is 15.8. The second-order valence-electron chi connectivity index (χ2n) is 4.36. The second kappa shape index (κ2) is 7.06. The Labute approximate surface area is 123 Å². The lowest BCUT2D eigenvalue weighted by atomic mass is 10.1. The molecule has 1 aromatic carbocycles. The molecule has 0 aliphatic carbocycles. The number of para-hydroxylation sites is 1. The summed E-state index contributed by atoms with van der Waals surface area (Å²) in [6.07, 6.45) is 2.12. The van der Waals surface area contributed by atoms with Crippen molar-refractivity contribution in [2.75, 3.05) is 13.7 Å². The highest BCUT2D eigenvalue weighted by molar-refractivity contribution is 5.94. The maximum Gasteiger partial charge on any atom is 0.251 e. The van der Waals surface area contributed by atoms with Crippen molar-refractivity contribution >= 4 is 5.91 Å². The van der Waals surface area contributed by atoms with E-state index in [2.05, 4.69) is 10.3 Å². The molecule has 0 aliphatic heterocycles. The number of benzene rings is 1. The van der Waals surface area contributed by atoms with Crippen molar-refractivity contribution in [2.45, 2.75) is 6.42 Å². The van der Waals surface area contributed by atoms with E-state index in [-0.39, 0.29) is 11.6 Å². The van der Waals surface area contributed by atoms with Gasteiger partial charge in [0.15, 0.2) is 0 Å². The molecule has 106 valence electrons. The molecule has 0 radical (unpaired) electrons. The predicted molar refractivity (Wildman–Crippen MR) is 78.0 cm³/mol. The highest BCUT2D eigenvalue weighted by Gasteiger charge is 2.07. The van der Waals surface area contributed by atoms with E-state index in [9.17, 15) is 4.79 Å². The number of ether oxygens (including phenoxy) is 1. The van der Waals surface area contributed by atoms with Crippen LogP contribution in [0, 0.1) is 11.3 Å². The van der Waals surface area contributed by atoms with Gasteiger partial charge in [-0.3, -0.25) is 4.79 Å². The molecule has 1 N–H and O–H groups in total. The van der Waals surface area contributed by atoms with Gasteiger partial charge in [0.2, 0.25) is 0 Å². The number of amides is 1. The molecular formula is C16H15N3O2. The molecule has 1 heterocycles. The van der Waals surface area contributed by atoms with Crippen LogP contribution in [0.3, 0.4) is 0 Å². The van der Waals surface area contributed by atoms with Gasteiger partial charge in [-0.15, -0.1) is 0 Å². The number of nitrogens with zero attached hydrogens (tertiary/aromatic N) is 2. The minimum Gasteiger partial charge on any atom is -0.496 e. The zero-order valence-corrected chi connectivity index (χ0v) is 11.7. The summed E-state index contributed by atoms with van der Waals surface area (Å²) in [6, 6.07) is 12.7. The number of pyridine rings is 1. The van der Waals surface area contributed by atoms with Gasteiger partial charge in [0.25, 0.3) is 5.91 Å². The predicted octanol–water partition coefficient (Wildman–Crippen LogP) is 1.93. The number of hydrogen-bond donors (Lipinski definition) is 1. The van der Waals surface area contributed by atoms with E-state index < -0.39 is 0 Å². The van der Waals surface area contributed by atoms with Crippen LogP contribution < -0.4 is 10.1 Å². The summed E-state index contributed by atoms with van der Waals surface area (Å²) < 4.78 is 5.26. The average Bonchev–Trinajstić information content (AvgIpc) is 2.55. The minimum atomic E-state index is -0.219. The molecule has 0 saturated heterocycles. The first-order valence-corrected chi connectivity index (χ1v) is 6.51. The number of carbonyl (C=O) groups excluding carboxylic acids is 1. The molecule has 1 amide bonds. The maximum absolute atomic E-state index is 12.0. The SMILES string of the molecule is COc1ccccc1CCNC(=O)c1ccnc(C#N)c1. The van der Waals surface area contributed by atoms with Gasteiger partial charge in [0.05, 0.1) is 7.11 Å². The first kappa shape index (κ1) is 14.5. The molecule has 5 heteroatoms. The number of nitrogens with one attached hydrogen (secondary N) is 1. The van der Waals surface area contributed by atoms with Gasteiger partial charge in [-0.25, -0.2) is 4.98 Å². The highest BCUT2D eigenvalue weighted by Crippen LogP contribution is 2.17. The van der Waals surface area contributed by atoms with Crippen molar-refractivity contribution in [1.29, 1.82) is 5.26 Å². The van der Waals surface area contributed by atoms with E-state index in [4.69, 9.17) is 10.00 Å². The Morgan fingerprint density at radius 2 is 2.19 bits per heavy atom. The van der Waals surface area contributed by atoms with E-state index >= 15 is 0 Å². The van der Waals surface area contributed by atoms with Crippen LogP contribution in [-0.4, -0.2) is 24.5 Å². The van der Waals surface area contributed by atoms with Crippen LogP contribution in [0.2, 0.25) is 0 Å². The van der Waals surface area contributed by atoms with Crippen LogP contribution in [0.1, 0.15) is 21.6 Å². The Hall–Kier alpha value is -2.87. The Morgan fingerprint density at radius 3 is 2.95 bits per heavy atom. The molecule has 0 atom stereocenters. The molecule has 5 nitrogen and oxygen atoms in total. The zero-order chi connectivity index (χ0) is 15.1. The number of methoxy groups -OCH3 is 1. The fraction of sp³-hybridized carbons (Fsp3) is 0.188. The Balaban J connectivity index is 1.94. The van der Waals surface area contributed by atoms with Crippen LogP contribution in [0.5, 0.6) is 5.75 Å². The molecule has 21 heavy (non-hydrogen) atoms. The highest BCUT2D eigenvalue weighted by atomic mass is 16.5. The molecule has 0 saturated carbocycles. The number of carbonyl (C=O) groups is 1. The van der Waals surface area contributed by atoms with Gasteiger partial charge in [-0.05, 0) is 30.2 Å². The molecule has 2 aromatic rings. The lowest BCUT2D eigenvalue weighted by Crippen LogP contribution is -2.25. The Morgan fingerprint density at radius 1 is 1.38 bits per heavy atom. The van der Waals surface area contributed by atoms with Crippen LogP contribution in [-0.2, 0) is 6.42 Å². The van der Waals surface area contributed by atoms with E-state index in [1.165, 1.54) is 12.3 Å². The first-order chi connectivity index (χ1) is 10.2. The third-order valence-corrected chi connectivity index (χ3v) is 3.01. The molecule has 1 aromatic heterocycles. The van der Waals surface area contributed by atoms with Crippen molar-refractivity contribution in [3.05, 3.63) is 59.4 Å². The van der Waals surface area contributed by atoms with Gasteiger partial charge in [0, 0.05) is 18.3 Å². The third-order valence-electron chi connectivity index (χ3n) is 3.01. The fourth-order valence-corrected chi connectivity index (χ4v) is 1.96. The summed E-state index contributed by atoms with van der Waals surface area (Å²) in [5, 5.41) is 11.6. The van der Waals surface area contributed by atoms with Gasteiger partial charge in [-0.2, -0.15) is 5.26 Å². The van der Waals surface area contributed by atoms with Crippen LogP contribution >= 0.6 is 0 Å². The topological polar surface area (TPSA) is 75.0 Å². The van der Waals surface area contributed by atoms with Crippen LogP contribution in [0.15, 0.2) is 42.6 Å². The van der Waals surface area contributed by atoms with Gasteiger partial charge < -0.3 is 10.1 Å². The molecule has 0 bridgehead atoms. The van der Waals surface area contributed by atoms with Crippen molar-refractivity contribution in [3.8, 4) is 11.8 Å². The summed E-state index contributed by atoms with van der Waals surface area (Å²) in [7, 11) is 1.62. The van der Waals surface area contributed by atoms with Crippen molar-refractivity contribution in [2.24, 2.45) is 0 Å². The lowest BCUT2D eigenvalue weighted by molar-refractivity contribution is 0.0954. The van der Waals surface area contributed by atoms with Gasteiger partial charge >= 0.3 is 0 Å². The summed E-state index contributed by atoms with van der Waals surface area (Å²) in [5.74, 6) is 0.589. The largest absolute Gasteiger partial charge is 0.496 e. The van der Waals surface area contributed by atoms with E-state index in [0.717, 1.165) is 11.3 Å². The molecule has 0 aliphatic rings. The molecule has 0 fully saturated rings. The molecular weight excluding hydrogens is 266 g/mol. The molecule has 2 rings (SSSR count). The average molecular weight is 281 g/mol. The van der Waals surface area contributed by atoms with E-state index in [1.54, 1.807) is 13.2 Å². The van der Waals surface area contributed by atoms with Crippen molar-refractivity contribution < 1.29 is 9.53 Å². The minimum absolute atomic E-state index is 0.219. The summed E-state index contributed by atoms with van der Waals surface area (Å²) in [5.41, 5.74) is 1.70. The second-order valence-corrected chi connectivity index (χ2v) is 4.36. The normalized spacial score (nSPS) is 9.71. The Kier molecular flexibility index (Phi) is 4.89. The molecule has 0 spiro atoms. The monoisotopic (exact) mass is 281 g/mol. The molecule has 0 unspecified atom stereocenters. The van der Waals surface area contributed by atoms with Gasteiger partial charge in [0.1, 0.15) is 17.5 Å². The van der Waals surface area contributed by atoms with Crippen molar-refractivity contribution in [1.82, 2.24) is 10.3 Å². The van der Waals surface area contributed by atoms with E-state index in [1.807, 2.05) is 30.3 Å². The smallest absolute Gasteiger partial charge is 0.251 e. The van der Waals surface area contributed by atoms with Crippen molar-refractivity contribution in [3.63, 3.8) is 0 Å². The maximum atomic E-state index is 12.0. The van der Waals surface area contributed by atoms with E-state index in [0.29, 0.717) is 18.5 Å². The summed E-state index contributed by atoms with van der Waals surface area (Å²) >= 11 is 0. The quantitative estimate of drug-likeness (QED) is 0.908. The number of nitriles is 1. The Bertz CT molecular complexity index is 677. The number of rotatable bonds is 5. The third kappa shape index (κ3) is 3.80. The first-order valence-electron chi connectivity index (χ1n) is 6.51. The van der Waals surface area contributed by atoms with Crippen LogP contribution in [0.4, 0.5) is 0 Å². The number of hydrogen-bond acceptors (Lipinski definition) is 4. The fourth-order valence-electron chi connectivity index (χ4n) is 1.96. The standard InChI is InChI=1S/C16H15N3O2/c1-21-15-5-3-2-4-12(15)6-9-19-16(20)13-7-8-18-14(10-13)11-17/h2-5,7-8,10H,6,9H2,1H3,(H,19,20). The summed E-state index contributed by atoms with van der Waals surface area (Å²) in [6.45, 7) is 0.490. The lowest BCUT2D eigenvalue weighted by Gasteiger charge is -2.09. The van der Waals surface area contributed by atoms with Crippen LogP contribution in [0.25, 0.3) is 0 Å². The van der Waals surface area contributed by atoms with Gasteiger partial charge in [-0.1, -0.05) is 18.2 Å².